The first-order valence-corrected chi connectivity index (χ1v) is 7.46. The van der Waals surface area contributed by atoms with Crippen LogP contribution in [0.15, 0.2) is 35.3 Å². The summed E-state index contributed by atoms with van der Waals surface area (Å²) in [6, 6.07) is -0.198. The number of nitrogens with zero attached hydrogens (tertiary/aromatic N) is 2. The van der Waals surface area contributed by atoms with Gasteiger partial charge in [0.05, 0.1) is 14.2 Å². The molecule has 1 heterocycles. The smallest absolute Gasteiger partial charge is 0.213 e. The third-order valence-electron chi connectivity index (χ3n) is 3.72. The van der Waals surface area contributed by atoms with Gasteiger partial charge in [0.2, 0.25) is 11.8 Å². The van der Waals surface area contributed by atoms with Crippen molar-refractivity contribution in [1.29, 1.82) is 0 Å². The third kappa shape index (κ3) is 3.84. The van der Waals surface area contributed by atoms with Crippen molar-refractivity contribution in [2.75, 3.05) is 14.2 Å². The first kappa shape index (κ1) is 18.1. The number of carbonyl (C=O) groups excluding carboxylic acids is 1. The van der Waals surface area contributed by atoms with Crippen LogP contribution in [0.2, 0.25) is 0 Å². The van der Waals surface area contributed by atoms with E-state index in [1.54, 1.807) is 20.3 Å². The lowest BCUT2D eigenvalue weighted by Crippen LogP contribution is -2.47. The Morgan fingerprint density at radius 2 is 2.05 bits per heavy atom. The zero-order chi connectivity index (χ0) is 16.8. The van der Waals surface area contributed by atoms with Gasteiger partial charge in [-0.25, -0.2) is 9.98 Å². The largest absolute Gasteiger partial charge is 0.483 e. The number of ketones is 1. The van der Waals surface area contributed by atoms with Crippen LogP contribution in [-0.4, -0.2) is 43.4 Å². The van der Waals surface area contributed by atoms with Crippen LogP contribution in [0.1, 0.15) is 33.1 Å². The third-order valence-corrected chi connectivity index (χ3v) is 3.72. The number of hydrogen-bond acceptors (Lipinski definition) is 5. The van der Waals surface area contributed by atoms with Gasteiger partial charge in [0.1, 0.15) is 11.6 Å². The molecular weight excluding hydrogens is 280 g/mol. The van der Waals surface area contributed by atoms with Gasteiger partial charge in [0, 0.05) is 6.42 Å². The zero-order valence-corrected chi connectivity index (χ0v) is 14.0. The molecular formula is C17H26N2O3. The number of aliphatic imine (C=N–C) groups is 2. The summed E-state index contributed by atoms with van der Waals surface area (Å²) >= 11 is 0. The second-order valence-corrected chi connectivity index (χ2v) is 5.69. The van der Waals surface area contributed by atoms with Gasteiger partial charge < -0.3 is 9.47 Å². The lowest BCUT2D eigenvalue weighted by molar-refractivity contribution is -0.115. The summed E-state index contributed by atoms with van der Waals surface area (Å²) in [5.41, 5.74) is -0.842. The van der Waals surface area contributed by atoms with E-state index in [1.165, 1.54) is 6.08 Å². The molecule has 0 spiro atoms. The van der Waals surface area contributed by atoms with Crippen LogP contribution in [0.4, 0.5) is 0 Å². The molecule has 1 rings (SSSR count). The van der Waals surface area contributed by atoms with Crippen molar-refractivity contribution in [3.8, 4) is 0 Å². The molecule has 0 N–H and O–H groups in total. The fraction of sp³-hybridized carbons (Fsp3) is 0.588. The van der Waals surface area contributed by atoms with Crippen LogP contribution in [0.25, 0.3) is 0 Å². The second kappa shape index (κ2) is 7.92. The maximum Gasteiger partial charge on any atom is 0.213 e. The first-order chi connectivity index (χ1) is 10.4. The van der Waals surface area contributed by atoms with E-state index in [9.17, 15) is 4.79 Å². The van der Waals surface area contributed by atoms with Crippen LogP contribution in [-0.2, 0) is 14.3 Å². The number of carbonyl (C=O) groups is 1. The van der Waals surface area contributed by atoms with Gasteiger partial charge in [-0.05, 0) is 24.8 Å². The molecule has 0 fully saturated rings. The van der Waals surface area contributed by atoms with Gasteiger partial charge in [0.15, 0.2) is 5.78 Å². The van der Waals surface area contributed by atoms with Crippen molar-refractivity contribution in [1.82, 2.24) is 0 Å². The normalized spacial score (nSPS) is 24.3. The summed E-state index contributed by atoms with van der Waals surface area (Å²) < 4.78 is 10.9. The summed E-state index contributed by atoms with van der Waals surface area (Å²) in [6.07, 6.45) is 4.54. The van der Waals surface area contributed by atoms with Crippen molar-refractivity contribution in [2.24, 2.45) is 15.9 Å². The fourth-order valence-electron chi connectivity index (χ4n) is 2.54. The van der Waals surface area contributed by atoms with E-state index in [2.05, 4.69) is 18.2 Å². The van der Waals surface area contributed by atoms with Crippen LogP contribution in [0, 0.1) is 5.92 Å². The first-order valence-electron chi connectivity index (χ1n) is 7.46. The second-order valence-electron chi connectivity index (χ2n) is 5.69. The van der Waals surface area contributed by atoms with Gasteiger partial charge in [-0.1, -0.05) is 26.5 Å². The molecule has 0 aromatic heterocycles. The highest BCUT2D eigenvalue weighted by molar-refractivity contribution is 6.01. The number of hydrogen-bond donors (Lipinski definition) is 0. The molecule has 22 heavy (non-hydrogen) atoms. The summed E-state index contributed by atoms with van der Waals surface area (Å²) in [6.45, 7) is 11.4. The average molecular weight is 306 g/mol. The Hall–Kier alpha value is -1.91. The minimum Gasteiger partial charge on any atom is -0.483 e. The SMILES string of the molecule is C=CCC[C@@]1(CC(=O)C=C)N=C(OC)[C@@H](C(C)C)N=C1OC. The number of rotatable bonds is 7. The maximum atomic E-state index is 12.0. The molecule has 0 amide bonds. The van der Waals surface area contributed by atoms with Crippen LogP contribution in [0.3, 0.4) is 0 Å². The zero-order valence-electron chi connectivity index (χ0n) is 14.0. The summed E-state index contributed by atoms with van der Waals surface area (Å²) in [5.74, 6) is 1.13. The molecule has 2 atom stereocenters. The Bertz CT molecular complexity index is 494. The van der Waals surface area contributed by atoms with E-state index in [1.807, 2.05) is 13.8 Å². The summed E-state index contributed by atoms with van der Waals surface area (Å²) in [4.78, 5) is 21.4. The lowest BCUT2D eigenvalue weighted by Gasteiger charge is -2.35. The van der Waals surface area contributed by atoms with Gasteiger partial charge in [-0.3, -0.25) is 4.79 Å². The Morgan fingerprint density at radius 3 is 2.50 bits per heavy atom. The summed E-state index contributed by atoms with van der Waals surface area (Å²) in [5, 5.41) is 0. The highest BCUT2D eigenvalue weighted by Gasteiger charge is 2.44. The molecule has 0 unspecified atom stereocenters. The minimum absolute atomic E-state index is 0.101. The topological polar surface area (TPSA) is 60.2 Å². The molecule has 5 heteroatoms. The monoisotopic (exact) mass is 306 g/mol. The summed E-state index contributed by atoms with van der Waals surface area (Å²) in [7, 11) is 3.14. The van der Waals surface area contributed by atoms with E-state index in [4.69, 9.17) is 14.5 Å². The standard InChI is InChI=1S/C17H26N2O3/c1-7-9-10-17(11-13(20)8-2)16(22-6)18-14(12(3)4)15(19-17)21-5/h7-8,12,14H,1-2,9-11H2,3-6H3/t14-,17+/m1/s1. The maximum absolute atomic E-state index is 12.0. The van der Waals surface area contributed by atoms with Crippen molar-refractivity contribution >= 4 is 17.6 Å². The number of ether oxygens (including phenoxy) is 2. The minimum atomic E-state index is -0.842. The molecule has 0 saturated heterocycles. The van der Waals surface area contributed by atoms with E-state index >= 15 is 0 Å². The highest BCUT2D eigenvalue weighted by Crippen LogP contribution is 2.32. The Morgan fingerprint density at radius 1 is 1.36 bits per heavy atom. The molecule has 1 aliphatic rings. The van der Waals surface area contributed by atoms with Crippen LogP contribution in [0.5, 0.6) is 0 Å². The van der Waals surface area contributed by atoms with Gasteiger partial charge in [-0.15, -0.1) is 6.58 Å². The van der Waals surface area contributed by atoms with Crippen LogP contribution < -0.4 is 0 Å². The predicted molar refractivity (Wildman–Crippen MR) is 89.5 cm³/mol. The van der Waals surface area contributed by atoms with Gasteiger partial charge in [-0.2, -0.15) is 0 Å². The van der Waals surface area contributed by atoms with E-state index in [0.29, 0.717) is 24.6 Å². The molecule has 0 aromatic rings. The Labute approximate surface area is 132 Å². The quantitative estimate of drug-likeness (QED) is 0.536. The average Bonchev–Trinajstić information content (AvgIpc) is 2.51. The van der Waals surface area contributed by atoms with Gasteiger partial charge >= 0.3 is 0 Å². The van der Waals surface area contributed by atoms with E-state index in [-0.39, 0.29) is 24.2 Å². The molecule has 122 valence electrons. The lowest BCUT2D eigenvalue weighted by atomic mass is 9.85. The Kier molecular flexibility index (Phi) is 6.53. The molecule has 5 nitrogen and oxygen atoms in total. The predicted octanol–water partition coefficient (Wildman–Crippen LogP) is 2.96. The van der Waals surface area contributed by atoms with E-state index in [0.717, 1.165) is 0 Å². The van der Waals surface area contributed by atoms with Crippen molar-refractivity contribution in [2.45, 2.75) is 44.7 Å². The van der Waals surface area contributed by atoms with Gasteiger partial charge in [0.25, 0.3) is 0 Å². The van der Waals surface area contributed by atoms with E-state index < -0.39 is 5.54 Å². The Balaban J connectivity index is 3.33. The molecule has 0 saturated carbocycles. The molecule has 0 aromatic carbocycles. The molecule has 0 radical (unpaired) electrons. The molecule has 0 aliphatic carbocycles. The van der Waals surface area contributed by atoms with Crippen molar-refractivity contribution in [3.63, 3.8) is 0 Å². The van der Waals surface area contributed by atoms with Crippen molar-refractivity contribution < 1.29 is 14.3 Å². The molecule has 0 bridgehead atoms. The highest BCUT2D eigenvalue weighted by atomic mass is 16.5. The fourth-order valence-corrected chi connectivity index (χ4v) is 2.54. The van der Waals surface area contributed by atoms with Crippen molar-refractivity contribution in [3.05, 3.63) is 25.3 Å². The van der Waals surface area contributed by atoms with Crippen LogP contribution >= 0.6 is 0 Å². The number of allylic oxidation sites excluding steroid dienone is 2. The molecule has 1 aliphatic heterocycles. The number of methoxy groups -OCH3 is 2.